The fraction of sp³-hybridized carbons (Fsp3) is 0.780. The lowest BCUT2D eigenvalue weighted by Crippen LogP contribution is -2.68. The van der Waals surface area contributed by atoms with Crippen molar-refractivity contribution in [3.63, 3.8) is 0 Å². The number of esters is 1. The number of aliphatic hydroxyl groups is 1. The number of allylic oxidation sites excluding steroid dienone is 2. The fourth-order valence-corrected chi connectivity index (χ4v) is 15.0. The molecule has 1 heterocycles. The molecule has 5 aliphatic carbocycles. The van der Waals surface area contributed by atoms with Crippen molar-refractivity contribution < 1.29 is 23.1 Å². The number of ether oxygens (including phenoxy) is 1. The zero-order valence-electron chi connectivity index (χ0n) is 31.0. The van der Waals surface area contributed by atoms with Crippen LogP contribution in [0.2, 0.25) is 0 Å². The normalized spacial score (nSPS) is 42.6. The molecule has 0 bridgehead atoms. The Morgan fingerprint density at radius 3 is 2.31 bits per heavy atom. The lowest BCUT2D eigenvalue weighted by atomic mass is 9.33. The maximum atomic E-state index is 12.1. The molecule has 9 unspecified atom stereocenters. The third-order valence-corrected chi connectivity index (χ3v) is 17.9. The summed E-state index contributed by atoms with van der Waals surface area (Å²) in [6.07, 6.45) is 13.3. The zero-order chi connectivity index (χ0) is 35.0. The average Bonchev–Trinajstić information content (AvgIpc) is 3.44. The highest BCUT2D eigenvalue weighted by Gasteiger charge is 2.70. The molecule has 8 heteroatoms. The lowest BCUT2D eigenvalue weighted by Gasteiger charge is -2.72. The predicted octanol–water partition coefficient (Wildman–Crippen LogP) is 6.61. The fourth-order valence-electron chi connectivity index (χ4n) is 13.7. The van der Waals surface area contributed by atoms with Crippen molar-refractivity contribution in [2.45, 2.75) is 97.9 Å². The first-order valence-corrected chi connectivity index (χ1v) is 21.1. The van der Waals surface area contributed by atoms with Crippen molar-refractivity contribution in [2.24, 2.45) is 51.2 Å². The van der Waals surface area contributed by atoms with Crippen LogP contribution >= 0.6 is 0 Å². The minimum absolute atomic E-state index is 0.0243. The molecule has 7 nitrogen and oxygen atoms in total. The van der Waals surface area contributed by atoms with E-state index in [0.717, 1.165) is 32.4 Å². The number of nitrogens with zero attached hydrogens (tertiary/aromatic N) is 1. The number of carbonyl (C=O) groups is 1. The molecule has 1 aromatic rings. The third kappa shape index (κ3) is 5.51. The highest BCUT2D eigenvalue weighted by Crippen LogP contribution is 2.76. The summed E-state index contributed by atoms with van der Waals surface area (Å²) < 4.78 is 28.9. The zero-order valence-corrected chi connectivity index (χ0v) is 31.8. The summed E-state index contributed by atoms with van der Waals surface area (Å²) in [5.41, 5.74) is 4.05. The smallest absolute Gasteiger partial charge is 0.337 e. The molecule has 0 aromatic heterocycles. The molecule has 49 heavy (non-hydrogen) atoms. The molecule has 2 N–H and O–H groups in total. The Bertz CT molecular complexity index is 1560. The highest BCUT2D eigenvalue weighted by atomic mass is 32.2. The first kappa shape index (κ1) is 35.7. The molecule has 0 spiro atoms. The molecular formula is C41H62N2O5S. The molecule has 9 atom stereocenters. The summed E-state index contributed by atoms with van der Waals surface area (Å²) >= 11 is 0. The van der Waals surface area contributed by atoms with Gasteiger partial charge in [-0.25, -0.2) is 13.2 Å². The van der Waals surface area contributed by atoms with Crippen LogP contribution in [-0.4, -0.2) is 81.3 Å². The number of methoxy groups -OCH3 is 1. The Labute approximate surface area is 295 Å². The molecule has 1 saturated heterocycles. The standard InChI is InChI=1S/C41H62N2O5S/c1-37(2)31(28-7-9-29(10-8-28)36(45)48-6)14-16-38(3)33(37)15-17-40(5)34(38)12-11-32-35-30(27-44)13-18-41(35,20-19-39(32,40)4)42-21-22-43-23-25-49(46,47)26-24-43/h7-10,14,30,32-35,42,44H,11-13,15-27H2,1-6H3. The number of fused-ring (bicyclic) bond motifs is 7. The second-order valence-corrected chi connectivity index (χ2v) is 20.7. The first-order chi connectivity index (χ1) is 23.1. The highest BCUT2D eigenvalue weighted by molar-refractivity contribution is 7.91. The van der Waals surface area contributed by atoms with Gasteiger partial charge in [0.1, 0.15) is 0 Å². The summed E-state index contributed by atoms with van der Waals surface area (Å²) in [4.78, 5) is 14.4. The van der Waals surface area contributed by atoms with Crippen LogP contribution in [0.25, 0.3) is 5.57 Å². The van der Waals surface area contributed by atoms with Gasteiger partial charge in [0.2, 0.25) is 0 Å². The van der Waals surface area contributed by atoms with Crippen LogP contribution < -0.4 is 5.32 Å². The van der Waals surface area contributed by atoms with Crippen molar-refractivity contribution in [2.75, 3.05) is 51.4 Å². The number of rotatable bonds is 7. The summed E-state index contributed by atoms with van der Waals surface area (Å²) in [5.74, 6) is 2.97. The van der Waals surface area contributed by atoms with Gasteiger partial charge in [-0.2, -0.15) is 0 Å². The Morgan fingerprint density at radius 1 is 0.918 bits per heavy atom. The second kappa shape index (κ2) is 12.4. The molecule has 272 valence electrons. The van der Waals surface area contributed by atoms with E-state index in [9.17, 15) is 18.3 Å². The van der Waals surface area contributed by atoms with Crippen molar-refractivity contribution in [3.8, 4) is 0 Å². The third-order valence-electron chi connectivity index (χ3n) is 16.3. The van der Waals surface area contributed by atoms with E-state index in [0.29, 0.717) is 48.2 Å². The van der Waals surface area contributed by atoms with E-state index in [1.165, 1.54) is 56.8 Å². The number of hydrogen-bond donors (Lipinski definition) is 2. The Hall–Kier alpha value is -1.74. The molecule has 5 fully saturated rings. The number of benzene rings is 1. The molecule has 6 aliphatic rings. The van der Waals surface area contributed by atoms with Gasteiger partial charge in [0, 0.05) is 38.3 Å². The second-order valence-electron chi connectivity index (χ2n) is 18.4. The van der Waals surface area contributed by atoms with Gasteiger partial charge in [0.05, 0.1) is 24.2 Å². The van der Waals surface area contributed by atoms with E-state index in [-0.39, 0.29) is 51.3 Å². The van der Waals surface area contributed by atoms with Gasteiger partial charge in [-0.1, -0.05) is 52.8 Å². The van der Waals surface area contributed by atoms with E-state index in [1.54, 1.807) is 0 Å². The number of aliphatic hydroxyl groups excluding tert-OH is 1. The number of carbonyl (C=O) groups excluding carboxylic acids is 1. The summed E-state index contributed by atoms with van der Waals surface area (Å²) in [6, 6.07) is 8.04. The first-order valence-electron chi connectivity index (χ1n) is 19.3. The number of sulfone groups is 1. The molecule has 1 aromatic carbocycles. The summed E-state index contributed by atoms with van der Waals surface area (Å²) in [6.45, 7) is 16.3. The molecule has 1 aliphatic heterocycles. The van der Waals surface area contributed by atoms with Crippen molar-refractivity contribution in [1.82, 2.24) is 10.2 Å². The largest absolute Gasteiger partial charge is 0.465 e. The van der Waals surface area contributed by atoms with Crippen LogP contribution in [-0.2, 0) is 14.6 Å². The Kier molecular flexibility index (Phi) is 9.06. The van der Waals surface area contributed by atoms with Crippen LogP contribution in [0.15, 0.2) is 30.3 Å². The maximum Gasteiger partial charge on any atom is 0.337 e. The monoisotopic (exact) mass is 694 g/mol. The lowest BCUT2D eigenvalue weighted by molar-refractivity contribution is -0.221. The Balaban J connectivity index is 1.13. The van der Waals surface area contributed by atoms with E-state index < -0.39 is 9.84 Å². The number of nitrogens with one attached hydrogen (secondary N) is 1. The quantitative estimate of drug-likeness (QED) is 0.310. The average molecular weight is 695 g/mol. The van der Waals surface area contributed by atoms with E-state index in [4.69, 9.17) is 4.74 Å². The van der Waals surface area contributed by atoms with Crippen molar-refractivity contribution in [3.05, 3.63) is 41.5 Å². The Morgan fingerprint density at radius 2 is 1.63 bits per heavy atom. The van der Waals surface area contributed by atoms with E-state index >= 15 is 0 Å². The van der Waals surface area contributed by atoms with Crippen LogP contribution in [0.5, 0.6) is 0 Å². The molecule has 7 rings (SSSR count). The van der Waals surface area contributed by atoms with Crippen LogP contribution in [0.3, 0.4) is 0 Å². The van der Waals surface area contributed by atoms with Gasteiger partial charge >= 0.3 is 5.97 Å². The SMILES string of the molecule is COC(=O)c1ccc(C2=CCC3(C)C(CCC4(C)C3CCC3C5C(CO)CCC5(NCCN5CCS(=O)(=O)CC5)CCC34C)C2(C)C)cc1. The molecular weight excluding hydrogens is 633 g/mol. The van der Waals surface area contributed by atoms with Crippen molar-refractivity contribution >= 4 is 21.4 Å². The van der Waals surface area contributed by atoms with Gasteiger partial charge in [-0.15, -0.1) is 0 Å². The molecule has 0 radical (unpaired) electrons. The van der Waals surface area contributed by atoms with Crippen LogP contribution in [0.1, 0.15) is 108 Å². The minimum atomic E-state index is -2.87. The van der Waals surface area contributed by atoms with Crippen molar-refractivity contribution in [1.29, 1.82) is 0 Å². The van der Waals surface area contributed by atoms with Gasteiger partial charge in [-0.3, -0.25) is 0 Å². The van der Waals surface area contributed by atoms with Crippen LogP contribution in [0, 0.1) is 51.2 Å². The van der Waals surface area contributed by atoms with Crippen LogP contribution in [0.4, 0.5) is 0 Å². The van der Waals surface area contributed by atoms with Gasteiger partial charge in [0.15, 0.2) is 9.84 Å². The van der Waals surface area contributed by atoms with Gasteiger partial charge in [-0.05, 0) is 132 Å². The summed E-state index contributed by atoms with van der Waals surface area (Å²) in [5, 5.41) is 14.9. The topological polar surface area (TPSA) is 95.9 Å². The molecule has 0 amide bonds. The van der Waals surface area contributed by atoms with Gasteiger partial charge < -0.3 is 20.1 Å². The van der Waals surface area contributed by atoms with Gasteiger partial charge in [0.25, 0.3) is 0 Å². The molecule has 4 saturated carbocycles. The number of hydrogen-bond acceptors (Lipinski definition) is 7. The maximum absolute atomic E-state index is 12.1. The predicted molar refractivity (Wildman–Crippen MR) is 196 cm³/mol. The minimum Gasteiger partial charge on any atom is -0.465 e. The van der Waals surface area contributed by atoms with E-state index in [2.05, 4.69) is 63.0 Å². The van der Waals surface area contributed by atoms with E-state index in [1.807, 2.05) is 12.1 Å². The summed E-state index contributed by atoms with van der Waals surface area (Å²) in [7, 11) is -1.43.